The molecule has 1 saturated carbocycles. The Bertz CT molecular complexity index is 324. The minimum Gasteiger partial charge on any atom is -0.354 e. The van der Waals surface area contributed by atoms with Gasteiger partial charge in [-0.3, -0.25) is 0 Å². The Morgan fingerprint density at radius 1 is 1.44 bits per heavy atom. The van der Waals surface area contributed by atoms with E-state index in [0.717, 1.165) is 18.8 Å². The smallest absolute Gasteiger partial charge is 0.141 e. The molecular weight excluding hydrogens is 227 g/mol. The molecule has 0 saturated heterocycles. The maximum atomic E-state index is 12.8. The maximum Gasteiger partial charge on any atom is 0.141 e. The first kappa shape index (κ1) is 11.6. The van der Waals surface area contributed by atoms with E-state index >= 15 is 0 Å². The van der Waals surface area contributed by atoms with Crippen LogP contribution in [-0.2, 0) is 0 Å². The Labute approximate surface area is 100 Å². The predicted molar refractivity (Wildman–Crippen MR) is 64.5 cm³/mol. The molecule has 0 N–H and O–H groups in total. The molecule has 1 heterocycles. The van der Waals surface area contributed by atoms with Crippen molar-refractivity contribution < 1.29 is 4.39 Å². The van der Waals surface area contributed by atoms with E-state index in [1.165, 1.54) is 31.5 Å². The van der Waals surface area contributed by atoms with Crippen LogP contribution >= 0.6 is 11.6 Å². The maximum absolute atomic E-state index is 12.8. The van der Waals surface area contributed by atoms with Crippen LogP contribution in [0.2, 0.25) is 0 Å². The van der Waals surface area contributed by atoms with Crippen LogP contribution < -0.4 is 4.90 Å². The normalized spacial score (nSPS) is 15.9. The molecule has 1 aromatic rings. The molecule has 0 atom stereocenters. The van der Waals surface area contributed by atoms with Gasteiger partial charge in [-0.05, 0) is 37.8 Å². The van der Waals surface area contributed by atoms with E-state index < -0.39 is 0 Å². The number of aromatic nitrogens is 1. The molecule has 4 heteroatoms. The molecule has 2 nitrogen and oxygen atoms in total. The van der Waals surface area contributed by atoms with Gasteiger partial charge in [0.25, 0.3) is 0 Å². The first-order valence-electron chi connectivity index (χ1n) is 5.75. The first-order chi connectivity index (χ1) is 7.81. The van der Waals surface area contributed by atoms with Crippen LogP contribution in [0, 0.1) is 5.82 Å². The zero-order valence-electron chi connectivity index (χ0n) is 9.20. The van der Waals surface area contributed by atoms with Crippen molar-refractivity contribution in [3.8, 4) is 0 Å². The van der Waals surface area contributed by atoms with Gasteiger partial charge in [0.1, 0.15) is 11.6 Å². The minimum absolute atomic E-state index is 0.283. The molecule has 0 aromatic carbocycles. The summed E-state index contributed by atoms with van der Waals surface area (Å²) in [5.74, 6) is 1.25. The van der Waals surface area contributed by atoms with Gasteiger partial charge in [0.05, 0.1) is 6.20 Å². The number of nitrogens with zero attached hydrogens (tertiary/aromatic N) is 2. The van der Waals surface area contributed by atoms with Crippen LogP contribution in [-0.4, -0.2) is 23.5 Å². The average Bonchev–Trinajstić information content (AvgIpc) is 2.23. The van der Waals surface area contributed by atoms with Crippen molar-refractivity contribution in [2.24, 2.45) is 0 Å². The van der Waals surface area contributed by atoms with Crippen molar-refractivity contribution in [2.45, 2.75) is 31.7 Å². The average molecular weight is 243 g/mol. The number of alkyl halides is 1. The topological polar surface area (TPSA) is 16.1 Å². The molecule has 88 valence electrons. The molecule has 1 aliphatic rings. The number of halogens is 2. The monoisotopic (exact) mass is 242 g/mol. The second-order valence-electron chi connectivity index (χ2n) is 4.16. The summed E-state index contributed by atoms with van der Waals surface area (Å²) >= 11 is 5.72. The Hall–Kier alpha value is -0.830. The van der Waals surface area contributed by atoms with E-state index in [-0.39, 0.29) is 5.82 Å². The molecule has 0 amide bonds. The number of pyridine rings is 1. The molecular formula is C12H16ClFN2. The largest absolute Gasteiger partial charge is 0.354 e. The highest BCUT2D eigenvalue weighted by atomic mass is 35.5. The Balaban J connectivity index is 2.07. The number of hydrogen-bond donors (Lipinski definition) is 0. The van der Waals surface area contributed by atoms with Gasteiger partial charge < -0.3 is 4.90 Å². The van der Waals surface area contributed by atoms with E-state index in [2.05, 4.69) is 9.88 Å². The van der Waals surface area contributed by atoms with Crippen molar-refractivity contribution in [3.63, 3.8) is 0 Å². The van der Waals surface area contributed by atoms with E-state index in [0.29, 0.717) is 11.9 Å². The van der Waals surface area contributed by atoms with Crippen molar-refractivity contribution in [1.29, 1.82) is 0 Å². The highest BCUT2D eigenvalue weighted by Gasteiger charge is 2.25. The molecule has 2 rings (SSSR count). The third-order valence-electron chi connectivity index (χ3n) is 3.05. The Morgan fingerprint density at radius 3 is 2.75 bits per heavy atom. The van der Waals surface area contributed by atoms with Crippen LogP contribution in [0.5, 0.6) is 0 Å². The summed E-state index contributed by atoms with van der Waals surface area (Å²) in [4.78, 5) is 6.40. The van der Waals surface area contributed by atoms with Crippen LogP contribution in [0.3, 0.4) is 0 Å². The zero-order chi connectivity index (χ0) is 11.4. The van der Waals surface area contributed by atoms with E-state index in [4.69, 9.17) is 11.6 Å². The molecule has 0 spiro atoms. The summed E-state index contributed by atoms with van der Waals surface area (Å²) < 4.78 is 12.8. The summed E-state index contributed by atoms with van der Waals surface area (Å²) in [6.07, 6.45) is 5.92. The molecule has 0 unspecified atom stereocenters. The fraction of sp³-hybridized carbons (Fsp3) is 0.583. The number of rotatable bonds is 5. The Morgan fingerprint density at radius 2 is 2.25 bits per heavy atom. The molecule has 0 aliphatic heterocycles. The number of hydrogen-bond acceptors (Lipinski definition) is 2. The molecule has 0 radical (unpaired) electrons. The van der Waals surface area contributed by atoms with Gasteiger partial charge in [0.2, 0.25) is 0 Å². The summed E-state index contributed by atoms with van der Waals surface area (Å²) in [7, 11) is 0. The lowest BCUT2D eigenvalue weighted by molar-refractivity contribution is 0.384. The lowest BCUT2D eigenvalue weighted by atomic mass is 9.91. The fourth-order valence-electron chi connectivity index (χ4n) is 1.95. The lowest BCUT2D eigenvalue weighted by Crippen LogP contribution is -2.41. The van der Waals surface area contributed by atoms with Gasteiger partial charge in [-0.1, -0.05) is 0 Å². The van der Waals surface area contributed by atoms with Crippen LogP contribution in [0.15, 0.2) is 18.3 Å². The van der Waals surface area contributed by atoms with Crippen molar-refractivity contribution in [3.05, 3.63) is 24.1 Å². The molecule has 0 bridgehead atoms. The van der Waals surface area contributed by atoms with Crippen LogP contribution in [0.4, 0.5) is 10.2 Å². The summed E-state index contributed by atoms with van der Waals surface area (Å²) in [5.41, 5.74) is 0. The highest BCUT2D eigenvalue weighted by molar-refractivity contribution is 6.17. The van der Waals surface area contributed by atoms with Gasteiger partial charge in [0, 0.05) is 18.5 Å². The first-order valence-corrected chi connectivity index (χ1v) is 6.29. The van der Waals surface area contributed by atoms with E-state index in [1.807, 2.05) is 0 Å². The molecule has 16 heavy (non-hydrogen) atoms. The highest BCUT2D eigenvalue weighted by Crippen LogP contribution is 2.28. The van der Waals surface area contributed by atoms with Crippen molar-refractivity contribution >= 4 is 17.4 Å². The summed E-state index contributed by atoms with van der Waals surface area (Å²) in [6.45, 7) is 0.910. The number of anilines is 1. The fourth-order valence-corrected chi connectivity index (χ4v) is 2.07. The molecule has 1 aromatic heterocycles. The standard InChI is InChI=1S/C12H16ClFN2/c13-7-2-8-16(11-3-1-4-11)12-6-5-10(14)9-15-12/h5-6,9,11H,1-4,7-8H2. The van der Waals surface area contributed by atoms with E-state index in [9.17, 15) is 4.39 Å². The van der Waals surface area contributed by atoms with Gasteiger partial charge in [-0.15, -0.1) is 11.6 Å². The van der Waals surface area contributed by atoms with Crippen LogP contribution in [0.1, 0.15) is 25.7 Å². The minimum atomic E-state index is -0.283. The summed E-state index contributed by atoms with van der Waals surface area (Å²) in [5, 5.41) is 0. The van der Waals surface area contributed by atoms with Gasteiger partial charge in [0.15, 0.2) is 0 Å². The summed E-state index contributed by atoms with van der Waals surface area (Å²) in [6, 6.07) is 3.79. The van der Waals surface area contributed by atoms with Crippen LogP contribution in [0.25, 0.3) is 0 Å². The van der Waals surface area contributed by atoms with Gasteiger partial charge in [-0.25, -0.2) is 9.37 Å². The van der Waals surface area contributed by atoms with Gasteiger partial charge in [-0.2, -0.15) is 0 Å². The quantitative estimate of drug-likeness (QED) is 0.737. The third kappa shape index (κ3) is 2.64. The van der Waals surface area contributed by atoms with Gasteiger partial charge >= 0.3 is 0 Å². The van der Waals surface area contributed by atoms with Crippen molar-refractivity contribution in [2.75, 3.05) is 17.3 Å². The second kappa shape index (κ2) is 5.48. The third-order valence-corrected chi connectivity index (χ3v) is 3.32. The molecule has 1 fully saturated rings. The van der Waals surface area contributed by atoms with Crippen molar-refractivity contribution in [1.82, 2.24) is 4.98 Å². The Kier molecular flexibility index (Phi) is 3.99. The van der Waals surface area contributed by atoms with E-state index in [1.54, 1.807) is 6.07 Å². The SMILES string of the molecule is Fc1ccc(N(CCCCl)C2CCC2)nc1. The predicted octanol–water partition coefficient (Wildman–Crippen LogP) is 3.21. The zero-order valence-corrected chi connectivity index (χ0v) is 9.96. The lowest BCUT2D eigenvalue weighted by Gasteiger charge is -2.38. The second-order valence-corrected chi connectivity index (χ2v) is 4.53. The molecule has 1 aliphatic carbocycles.